The van der Waals surface area contributed by atoms with E-state index < -0.39 is 11.8 Å². The van der Waals surface area contributed by atoms with Gasteiger partial charge in [0.25, 0.3) is 5.91 Å². The summed E-state index contributed by atoms with van der Waals surface area (Å²) in [5.41, 5.74) is -0.318. The van der Waals surface area contributed by atoms with Gasteiger partial charge in [0, 0.05) is 18.7 Å². The highest BCUT2D eigenvalue weighted by Crippen LogP contribution is 2.43. The molecule has 2 amide bonds. The molecule has 0 radical (unpaired) electrons. The minimum atomic E-state index is -0.721. The van der Waals surface area contributed by atoms with Gasteiger partial charge >= 0.3 is 0 Å². The third-order valence-corrected chi connectivity index (χ3v) is 7.01. The predicted octanol–water partition coefficient (Wildman–Crippen LogP) is 3.83. The molecule has 158 valence electrons. The zero-order chi connectivity index (χ0) is 20.6. The second-order valence-electron chi connectivity index (χ2n) is 9.15. The number of hydrogen-bond donors (Lipinski definition) is 0. The molecule has 2 heterocycles. The number of nitrogens with zero attached hydrogens (tertiary/aromatic N) is 2. The van der Waals surface area contributed by atoms with E-state index in [1.54, 1.807) is 4.90 Å². The van der Waals surface area contributed by atoms with Gasteiger partial charge in [0.1, 0.15) is 17.6 Å². The molecule has 0 bridgehead atoms. The molecule has 0 N–H and O–H groups in total. The molecule has 5 nitrogen and oxygen atoms in total. The number of amides is 2. The maximum Gasteiger partial charge on any atom is 0.256 e. The molecule has 29 heavy (non-hydrogen) atoms. The van der Waals surface area contributed by atoms with Gasteiger partial charge in [-0.3, -0.25) is 14.5 Å². The Balaban J connectivity index is 1.62. The van der Waals surface area contributed by atoms with Crippen molar-refractivity contribution < 1.29 is 18.7 Å². The van der Waals surface area contributed by atoms with Crippen molar-refractivity contribution in [3.05, 3.63) is 35.6 Å². The summed E-state index contributed by atoms with van der Waals surface area (Å²) < 4.78 is 19.6. The Morgan fingerprint density at radius 1 is 1.00 bits per heavy atom. The number of piperidine rings is 1. The zero-order valence-electron chi connectivity index (χ0n) is 17.4. The molecule has 1 spiro atoms. The number of carbonyl (C=O) groups excluding carboxylic acids is 2. The first kappa shape index (κ1) is 20.3. The summed E-state index contributed by atoms with van der Waals surface area (Å²) in [7, 11) is 0. The first-order valence-electron chi connectivity index (χ1n) is 10.9. The van der Waals surface area contributed by atoms with Crippen LogP contribution in [0.1, 0.15) is 62.7 Å². The molecule has 1 atom stereocenters. The van der Waals surface area contributed by atoms with E-state index in [9.17, 15) is 14.0 Å². The second kappa shape index (κ2) is 8.05. The summed E-state index contributed by atoms with van der Waals surface area (Å²) in [4.78, 5) is 30.5. The molecule has 0 unspecified atom stereocenters. The van der Waals surface area contributed by atoms with Crippen LogP contribution >= 0.6 is 0 Å². The Morgan fingerprint density at radius 3 is 2.21 bits per heavy atom. The molecule has 1 aromatic carbocycles. The van der Waals surface area contributed by atoms with E-state index in [4.69, 9.17) is 4.74 Å². The largest absolute Gasteiger partial charge is 0.353 e. The average molecular weight is 403 g/mol. The molecular weight excluding hydrogens is 371 g/mol. The van der Waals surface area contributed by atoms with Crippen molar-refractivity contribution in [2.24, 2.45) is 11.8 Å². The summed E-state index contributed by atoms with van der Waals surface area (Å²) in [6, 6.07) is 4.98. The topological polar surface area (TPSA) is 49.9 Å². The highest BCUT2D eigenvalue weighted by molar-refractivity contribution is 5.98. The van der Waals surface area contributed by atoms with Crippen LogP contribution in [0.2, 0.25) is 0 Å². The van der Waals surface area contributed by atoms with Crippen LogP contribution in [-0.2, 0) is 9.53 Å². The Bertz CT molecular complexity index is 750. The van der Waals surface area contributed by atoms with Gasteiger partial charge in [-0.05, 0) is 74.6 Å². The summed E-state index contributed by atoms with van der Waals surface area (Å²) in [5.74, 6) is 0.589. The molecular formula is C23H31FN2O3. The Labute approximate surface area is 172 Å². The fourth-order valence-corrected chi connectivity index (χ4v) is 4.94. The van der Waals surface area contributed by atoms with Gasteiger partial charge in [-0.25, -0.2) is 4.39 Å². The van der Waals surface area contributed by atoms with E-state index >= 15 is 0 Å². The smallest absolute Gasteiger partial charge is 0.256 e. The number of likely N-dealkylation sites (tertiary alicyclic amines) is 1. The molecule has 6 heteroatoms. The van der Waals surface area contributed by atoms with Crippen LogP contribution < -0.4 is 0 Å². The van der Waals surface area contributed by atoms with E-state index in [-0.39, 0.29) is 24.2 Å². The fraction of sp³-hybridized carbons (Fsp3) is 0.652. The summed E-state index contributed by atoms with van der Waals surface area (Å²) >= 11 is 0. The summed E-state index contributed by atoms with van der Waals surface area (Å²) in [5, 5.41) is 0. The van der Waals surface area contributed by atoms with Crippen molar-refractivity contribution in [1.29, 1.82) is 0 Å². The molecule has 3 fully saturated rings. The van der Waals surface area contributed by atoms with Crippen molar-refractivity contribution in [2.45, 2.75) is 64.1 Å². The van der Waals surface area contributed by atoms with Gasteiger partial charge < -0.3 is 9.64 Å². The number of rotatable bonds is 2. The Hall–Kier alpha value is -1.95. The Morgan fingerprint density at radius 2 is 1.59 bits per heavy atom. The highest BCUT2D eigenvalue weighted by atomic mass is 19.1. The third kappa shape index (κ3) is 3.91. The van der Waals surface area contributed by atoms with Gasteiger partial charge in [0.15, 0.2) is 0 Å². The standard InChI is InChI=1S/C23H31FN2O3/c1-16-7-11-23(12-8-16)26(21(27)18-3-5-19(24)6-4-18)20(15-29-23)22(28)25-13-9-17(2)10-14-25/h3-6,16-17,20H,7-15H2,1-2H3/t16?,20-,23?/m1/s1. The number of benzene rings is 1. The molecule has 2 aliphatic heterocycles. The van der Waals surface area contributed by atoms with Crippen molar-refractivity contribution in [1.82, 2.24) is 9.80 Å². The molecule has 1 saturated carbocycles. The van der Waals surface area contributed by atoms with E-state index in [1.807, 2.05) is 4.90 Å². The molecule has 4 rings (SSSR count). The molecule has 2 saturated heterocycles. The third-order valence-electron chi connectivity index (χ3n) is 7.01. The first-order valence-corrected chi connectivity index (χ1v) is 10.9. The summed E-state index contributed by atoms with van der Waals surface area (Å²) in [6.07, 6.45) is 5.40. The number of carbonyl (C=O) groups is 2. The monoisotopic (exact) mass is 402 g/mol. The minimum Gasteiger partial charge on any atom is -0.353 e. The van der Waals surface area contributed by atoms with Gasteiger partial charge in [0.05, 0.1) is 6.61 Å². The van der Waals surface area contributed by atoms with Crippen LogP contribution in [0.15, 0.2) is 24.3 Å². The first-order chi connectivity index (χ1) is 13.9. The van der Waals surface area contributed by atoms with E-state index in [0.29, 0.717) is 17.4 Å². The van der Waals surface area contributed by atoms with E-state index in [2.05, 4.69) is 13.8 Å². The maximum absolute atomic E-state index is 13.5. The lowest BCUT2D eigenvalue weighted by molar-refractivity contribution is -0.139. The van der Waals surface area contributed by atoms with Crippen LogP contribution in [-0.4, -0.2) is 53.1 Å². The average Bonchev–Trinajstić information content (AvgIpc) is 3.09. The quantitative estimate of drug-likeness (QED) is 0.755. The Kier molecular flexibility index (Phi) is 5.65. The van der Waals surface area contributed by atoms with Gasteiger partial charge in [-0.2, -0.15) is 0 Å². The van der Waals surface area contributed by atoms with Crippen molar-refractivity contribution in [3.63, 3.8) is 0 Å². The minimum absolute atomic E-state index is 0.0112. The van der Waals surface area contributed by atoms with Crippen LogP contribution in [0.3, 0.4) is 0 Å². The lowest BCUT2D eigenvalue weighted by Crippen LogP contribution is -2.58. The highest BCUT2D eigenvalue weighted by Gasteiger charge is 2.54. The van der Waals surface area contributed by atoms with Crippen molar-refractivity contribution >= 4 is 11.8 Å². The van der Waals surface area contributed by atoms with Gasteiger partial charge in [-0.1, -0.05) is 13.8 Å². The van der Waals surface area contributed by atoms with Crippen molar-refractivity contribution in [3.8, 4) is 0 Å². The fourth-order valence-electron chi connectivity index (χ4n) is 4.94. The number of hydrogen-bond acceptors (Lipinski definition) is 3. The molecule has 1 aromatic rings. The van der Waals surface area contributed by atoms with E-state index in [1.165, 1.54) is 24.3 Å². The van der Waals surface area contributed by atoms with Crippen LogP contribution in [0.5, 0.6) is 0 Å². The molecule has 1 aliphatic carbocycles. The second-order valence-corrected chi connectivity index (χ2v) is 9.15. The van der Waals surface area contributed by atoms with Crippen LogP contribution in [0.25, 0.3) is 0 Å². The molecule has 3 aliphatic rings. The lowest BCUT2D eigenvalue weighted by Gasteiger charge is -2.43. The van der Waals surface area contributed by atoms with Crippen LogP contribution in [0.4, 0.5) is 4.39 Å². The van der Waals surface area contributed by atoms with Gasteiger partial charge in [-0.15, -0.1) is 0 Å². The van der Waals surface area contributed by atoms with Gasteiger partial charge in [0.2, 0.25) is 5.91 Å². The lowest BCUT2D eigenvalue weighted by atomic mass is 9.83. The normalized spacial score (nSPS) is 30.7. The number of halogens is 1. The van der Waals surface area contributed by atoms with Crippen molar-refractivity contribution in [2.75, 3.05) is 19.7 Å². The number of ether oxygens (including phenoxy) is 1. The van der Waals surface area contributed by atoms with Crippen LogP contribution in [0, 0.1) is 17.7 Å². The summed E-state index contributed by atoms with van der Waals surface area (Å²) in [6.45, 7) is 6.14. The molecule has 0 aromatic heterocycles. The maximum atomic E-state index is 13.5. The zero-order valence-corrected chi connectivity index (χ0v) is 17.4. The van der Waals surface area contributed by atoms with E-state index in [0.717, 1.165) is 51.6 Å². The predicted molar refractivity (Wildman–Crippen MR) is 108 cm³/mol. The SMILES string of the molecule is CC1CCN(C(=O)[C@H]2COC3(CCC(C)CC3)N2C(=O)c2ccc(F)cc2)CC1.